The Morgan fingerprint density at radius 2 is 2.32 bits per heavy atom. The molecule has 100 valence electrons. The van der Waals surface area contributed by atoms with Gasteiger partial charge in [0.2, 0.25) is 0 Å². The van der Waals surface area contributed by atoms with Gasteiger partial charge in [-0.15, -0.1) is 11.3 Å². The molecule has 0 aliphatic carbocycles. The van der Waals surface area contributed by atoms with Crippen molar-refractivity contribution in [1.82, 2.24) is 9.97 Å². The second-order valence-corrected chi connectivity index (χ2v) is 5.05. The number of thiophene rings is 1. The Bertz CT molecular complexity index is 634. The van der Waals surface area contributed by atoms with Gasteiger partial charge in [-0.05, 0) is 25.8 Å². The molecule has 2 heterocycles. The Kier molecular flexibility index (Phi) is 4.11. The average molecular weight is 277 g/mol. The molecule has 0 spiro atoms. The van der Waals surface area contributed by atoms with Crippen LogP contribution in [0.25, 0.3) is 10.2 Å². The Balaban J connectivity index is 2.36. The number of carboxylic acids is 1. The van der Waals surface area contributed by atoms with Crippen LogP contribution in [0, 0.1) is 6.92 Å². The molecule has 2 rings (SSSR count). The summed E-state index contributed by atoms with van der Waals surface area (Å²) in [7, 11) is 0. The summed E-state index contributed by atoms with van der Waals surface area (Å²) in [4.78, 5) is 20.5. The fourth-order valence-corrected chi connectivity index (χ4v) is 2.84. The van der Waals surface area contributed by atoms with Crippen LogP contribution in [0.1, 0.15) is 28.6 Å². The number of aryl methyl sites for hydroxylation is 1. The minimum absolute atomic E-state index is 0.326. The van der Waals surface area contributed by atoms with Crippen LogP contribution in [0.5, 0.6) is 0 Å². The van der Waals surface area contributed by atoms with Crippen molar-refractivity contribution < 1.29 is 9.90 Å². The molecule has 0 unspecified atom stereocenters. The van der Waals surface area contributed by atoms with Crippen LogP contribution in [0.15, 0.2) is 18.5 Å². The molecule has 0 radical (unpaired) electrons. The molecule has 0 aromatic carbocycles. The number of nitrogens with zero attached hydrogens (tertiary/aromatic N) is 2. The Hall–Kier alpha value is -1.95. The van der Waals surface area contributed by atoms with Gasteiger partial charge in [-0.1, -0.05) is 12.2 Å². The molecule has 0 aliphatic heterocycles. The number of aromatic carboxylic acids is 1. The van der Waals surface area contributed by atoms with Crippen LogP contribution in [-0.2, 0) is 0 Å². The predicted molar refractivity (Wildman–Crippen MR) is 77.0 cm³/mol. The van der Waals surface area contributed by atoms with E-state index in [1.807, 2.05) is 13.0 Å². The van der Waals surface area contributed by atoms with Gasteiger partial charge in [0.25, 0.3) is 0 Å². The van der Waals surface area contributed by atoms with Gasteiger partial charge in [-0.2, -0.15) is 0 Å². The molecular weight excluding hydrogens is 262 g/mol. The minimum atomic E-state index is -0.916. The minimum Gasteiger partial charge on any atom is -0.477 e. The summed E-state index contributed by atoms with van der Waals surface area (Å²) in [5.41, 5.74) is 0.724. The lowest BCUT2D eigenvalue weighted by molar-refractivity contribution is 0.0701. The summed E-state index contributed by atoms with van der Waals surface area (Å²) in [5, 5.41) is 13.2. The van der Waals surface area contributed by atoms with E-state index in [4.69, 9.17) is 5.11 Å². The first-order valence-corrected chi connectivity index (χ1v) is 6.79. The van der Waals surface area contributed by atoms with Crippen molar-refractivity contribution in [2.45, 2.75) is 20.3 Å². The number of fused-ring (bicyclic) bond motifs is 1. The van der Waals surface area contributed by atoms with Crippen LogP contribution >= 0.6 is 11.3 Å². The summed E-state index contributed by atoms with van der Waals surface area (Å²) in [6.45, 7) is 4.53. The Labute approximate surface area is 115 Å². The number of rotatable bonds is 5. The number of anilines is 1. The summed E-state index contributed by atoms with van der Waals surface area (Å²) in [6, 6.07) is 0. The molecule has 0 saturated heterocycles. The molecule has 2 aromatic rings. The average Bonchev–Trinajstić information content (AvgIpc) is 2.73. The molecule has 5 nitrogen and oxygen atoms in total. The molecule has 0 aliphatic rings. The third kappa shape index (κ3) is 2.73. The topological polar surface area (TPSA) is 75.1 Å². The fourth-order valence-electron chi connectivity index (χ4n) is 1.85. The number of aromatic nitrogens is 2. The van der Waals surface area contributed by atoms with Crippen LogP contribution in [-0.4, -0.2) is 27.6 Å². The molecule has 2 N–H and O–H groups in total. The largest absolute Gasteiger partial charge is 0.477 e. The van der Waals surface area contributed by atoms with Crippen molar-refractivity contribution in [1.29, 1.82) is 0 Å². The molecule has 19 heavy (non-hydrogen) atoms. The second kappa shape index (κ2) is 5.79. The second-order valence-electron chi connectivity index (χ2n) is 4.05. The van der Waals surface area contributed by atoms with Gasteiger partial charge in [-0.3, -0.25) is 0 Å². The van der Waals surface area contributed by atoms with Gasteiger partial charge in [0.05, 0.1) is 5.39 Å². The number of allylic oxidation sites excluding steroid dienone is 1. The number of nitrogens with one attached hydrogen (secondary N) is 1. The summed E-state index contributed by atoms with van der Waals surface area (Å²) in [5.74, 6) is -0.212. The molecule has 0 fully saturated rings. The maximum Gasteiger partial charge on any atom is 0.346 e. The number of hydrogen-bond acceptors (Lipinski definition) is 5. The van der Waals surface area contributed by atoms with Crippen LogP contribution in [0.2, 0.25) is 0 Å². The predicted octanol–water partition coefficient (Wildman–Crippen LogP) is 3.08. The van der Waals surface area contributed by atoms with E-state index in [0.717, 1.165) is 23.9 Å². The molecule has 2 aromatic heterocycles. The van der Waals surface area contributed by atoms with Crippen LogP contribution in [0.3, 0.4) is 0 Å². The maximum atomic E-state index is 11.1. The maximum absolute atomic E-state index is 11.1. The van der Waals surface area contributed by atoms with Crippen LogP contribution in [0.4, 0.5) is 5.82 Å². The quantitative estimate of drug-likeness (QED) is 0.649. The monoisotopic (exact) mass is 277 g/mol. The van der Waals surface area contributed by atoms with E-state index in [-0.39, 0.29) is 0 Å². The standard InChI is InChI=1S/C13H15N3O2S/c1-3-4-5-6-14-11-9-8(2)10(13(17)18)19-12(9)16-7-15-11/h3-4,7H,5-6H2,1-2H3,(H,17,18)(H,14,15,16)/b4-3+. The highest BCUT2D eigenvalue weighted by Gasteiger charge is 2.18. The summed E-state index contributed by atoms with van der Waals surface area (Å²) >= 11 is 1.19. The van der Waals surface area contributed by atoms with Gasteiger partial charge in [0, 0.05) is 6.54 Å². The first-order chi connectivity index (χ1) is 9.15. The number of hydrogen-bond donors (Lipinski definition) is 2. The number of carbonyl (C=O) groups is 1. The fraction of sp³-hybridized carbons (Fsp3) is 0.308. The van der Waals surface area contributed by atoms with Gasteiger partial charge in [-0.25, -0.2) is 14.8 Å². The first kappa shape index (κ1) is 13.5. The van der Waals surface area contributed by atoms with Crippen molar-refractivity contribution in [2.75, 3.05) is 11.9 Å². The lowest BCUT2D eigenvalue weighted by Gasteiger charge is -2.05. The van der Waals surface area contributed by atoms with E-state index >= 15 is 0 Å². The van der Waals surface area contributed by atoms with E-state index < -0.39 is 5.97 Å². The highest BCUT2D eigenvalue weighted by Crippen LogP contribution is 2.33. The summed E-state index contributed by atoms with van der Waals surface area (Å²) < 4.78 is 0. The van der Waals surface area contributed by atoms with Crippen molar-refractivity contribution in [3.05, 3.63) is 28.9 Å². The van der Waals surface area contributed by atoms with Crippen LogP contribution < -0.4 is 5.32 Å². The number of carboxylic acid groups (broad SMARTS) is 1. The zero-order valence-corrected chi connectivity index (χ0v) is 11.6. The van der Waals surface area contributed by atoms with Crippen molar-refractivity contribution in [3.8, 4) is 0 Å². The van der Waals surface area contributed by atoms with E-state index in [0.29, 0.717) is 15.5 Å². The zero-order valence-electron chi connectivity index (χ0n) is 10.8. The third-order valence-electron chi connectivity index (χ3n) is 2.76. The smallest absolute Gasteiger partial charge is 0.346 e. The molecule has 6 heteroatoms. The van der Waals surface area contributed by atoms with Gasteiger partial charge in [0.1, 0.15) is 21.9 Å². The van der Waals surface area contributed by atoms with E-state index in [9.17, 15) is 4.79 Å². The van der Waals surface area contributed by atoms with Crippen molar-refractivity contribution in [3.63, 3.8) is 0 Å². The van der Waals surface area contributed by atoms with Gasteiger partial charge >= 0.3 is 5.97 Å². The van der Waals surface area contributed by atoms with E-state index in [2.05, 4.69) is 21.4 Å². The Morgan fingerprint density at radius 1 is 1.53 bits per heavy atom. The molecule has 0 bridgehead atoms. The molecule has 0 saturated carbocycles. The highest BCUT2D eigenvalue weighted by atomic mass is 32.1. The van der Waals surface area contributed by atoms with E-state index in [1.54, 1.807) is 6.92 Å². The Morgan fingerprint density at radius 3 is 3.00 bits per heavy atom. The SMILES string of the molecule is C/C=C/CCNc1ncnc2sc(C(=O)O)c(C)c12. The zero-order chi connectivity index (χ0) is 13.8. The van der Waals surface area contributed by atoms with E-state index in [1.165, 1.54) is 17.7 Å². The van der Waals surface area contributed by atoms with Crippen molar-refractivity contribution in [2.24, 2.45) is 0 Å². The van der Waals surface area contributed by atoms with Gasteiger partial charge in [0.15, 0.2) is 0 Å². The van der Waals surface area contributed by atoms with Gasteiger partial charge < -0.3 is 10.4 Å². The first-order valence-electron chi connectivity index (χ1n) is 5.97. The lowest BCUT2D eigenvalue weighted by Crippen LogP contribution is -2.03. The van der Waals surface area contributed by atoms with Crippen molar-refractivity contribution >= 4 is 33.3 Å². The third-order valence-corrected chi connectivity index (χ3v) is 3.95. The molecule has 0 amide bonds. The lowest BCUT2D eigenvalue weighted by atomic mass is 10.2. The normalized spacial score (nSPS) is 11.3. The molecular formula is C13H15N3O2S. The summed E-state index contributed by atoms with van der Waals surface area (Å²) in [6.07, 6.45) is 6.42. The molecule has 0 atom stereocenters. The highest BCUT2D eigenvalue weighted by molar-refractivity contribution is 7.20.